The maximum absolute atomic E-state index is 12.7. The maximum atomic E-state index is 12.7. The highest BCUT2D eigenvalue weighted by Crippen LogP contribution is 2.39. The van der Waals surface area contributed by atoms with Gasteiger partial charge in [-0.25, -0.2) is 0 Å². The van der Waals surface area contributed by atoms with Crippen LogP contribution in [-0.2, 0) is 6.18 Å². The van der Waals surface area contributed by atoms with Crippen molar-refractivity contribution in [2.45, 2.75) is 13.1 Å². The molecule has 1 aromatic rings. The van der Waals surface area contributed by atoms with Gasteiger partial charge in [-0.05, 0) is 35.6 Å². The van der Waals surface area contributed by atoms with E-state index in [2.05, 4.69) is 0 Å². The van der Waals surface area contributed by atoms with E-state index in [1.807, 2.05) is 0 Å². The number of benzene rings is 1. The second-order valence-electron chi connectivity index (χ2n) is 3.16. The predicted octanol–water partition coefficient (Wildman–Crippen LogP) is 3.42. The molecule has 17 heavy (non-hydrogen) atoms. The van der Waals surface area contributed by atoms with Crippen LogP contribution < -0.4 is 0 Å². The summed E-state index contributed by atoms with van der Waals surface area (Å²) in [6, 6.07) is 1.77. The average Bonchev–Trinajstić information content (AvgIpc) is 2.14. The van der Waals surface area contributed by atoms with Crippen LogP contribution in [0.2, 0.25) is 0 Å². The van der Waals surface area contributed by atoms with Crippen LogP contribution in [0.15, 0.2) is 12.1 Å². The molecule has 0 aliphatic heterocycles. The van der Waals surface area contributed by atoms with Crippen LogP contribution in [0.25, 0.3) is 0 Å². The number of hydrogen-bond donors (Lipinski definition) is 0. The molecule has 0 N–H and O–H groups in total. The van der Waals surface area contributed by atoms with E-state index < -0.39 is 33.7 Å². The molecule has 0 fully saturated rings. The van der Waals surface area contributed by atoms with Crippen molar-refractivity contribution in [2.24, 2.45) is 0 Å². The minimum Gasteiger partial charge on any atom is -0.294 e. The molecular formula is C9H5F3INO3. The van der Waals surface area contributed by atoms with E-state index in [9.17, 15) is 28.1 Å². The second kappa shape index (κ2) is 4.59. The van der Waals surface area contributed by atoms with E-state index in [1.165, 1.54) is 0 Å². The molecule has 0 aliphatic carbocycles. The smallest absolute Gasteiger partial charge is 0.294 e. The van der Waals surface area contributed by atoms with Crippen LogP contribution in [0.4, 0.5) is 18.9 Å². The Hall–Kier alpha value is -1.19. The van der Waals surface area contributed by atoms with Crippen molar-refractivity contribution < 1.29 is 22.9 Å². The first-order valence-electron chi connectivity index (χ1n) is 4.20. The lowest BCUT2D eigenvalue weighted by atomic mass is 10.0. The molecule has 0 unspecified atom stereocenters. The molecule has 4 nitrogen and oxygen atoms in total. The van der Waals surface area contributed by atoms with Crippen molar-refractivity contribution in [2.75, 3.05) is 0 Å². The molecule has 0 saturated heterocycles. The van der Waals surface area contributed by atoms with Crippen molar-refractivity contribution in [1.82, 2.24) is 0 Å². The molecule has 0 atom stereocenters. The Morgan fingerprint density at radius 1 is 1.41 bits per heavy atom. The van der Waals surface area contributed by atoms with Gasteiger partial charge < -0.3 is 0 Å². The molecule has 1 aromatic carbocycles. The Bertz CT molecular complexity index is 464. The summed E-state index contributed by atoms with van der Waals surface area (Å²) in [7, 11) is 0. The molecule has 0 amide bonds. The van der Waals surface area contributed by atoms with Gasteiger partial charge in [0, 0.05) is 15.2 Å². The number of nitro benzene ring substituents is 1. The molecule has 0 aliphatic rings. The van der Waals surface area contributed by atoms with Gasteiger partial charge in [-0.15, -0.1) is 0 Å². The monoisotopic (exact) mass is 359 g/mol. The number of carbonyl (C=O) groups excluding carboxylic acids is 1. The standard InChI is InChI=1S/C9H5F3INO3/c1-4(15)6-2-5(13)3-7(14(16)17)8(6)9(10,11)12/h2-3H,1H3. The van der Waals surface area contributed by atoms with Crippen molar-refractivity contribution in [3.8, 4) is 0 Å². The summed E-state index contributed by atoms with van der Waals surface area (Å²) in [5.41, 5.74) is -3.28. The van der Waals surface area contributed by atoms with Gasteiger partial charge in [0.2, 0.25) is 0 Å². The lowest BCUT2D eigenvalue weighted by Crippen LogP contribution is -2.15. The fraction of sp³-hybridized carbons (Fsp3) is 0.222. The SMILES string of the molecule is CC(=O)c1cc(I)cc([N+](=O)[O-])c1C(F)(F)F. The van der Waals surface area contributed by atoms with E-state index in [0.29, 0.717) is 0 Å². The van der Waals surface area contributed by atoms with E-state index in [1.54, 1.807) is 22.6 Å². The minimum atomic E-state index is -4.94. The molecule has 1 rings (SSSR count). The van der Waals surface area contributed by atoms with Gasteiger partial charge in [-0.3, -0.25) is 14.9 Å². The third-order valence-electron chi connectivity index (χ3n) is 1.94. The largest absolute Gasteiger partial charge is 0.423 e. The normalized spacial score (nSPS) is 11.4. The number of ketones is 1. The number of halogens is 4. The first-order chi connectivity index (χ1) is 7.64. The molecule has 0 radical (unpaired) electrons. The van der Waals surface area contributed by atoms with E-state index in [-0.39, 0.29) is 3.57 Å². The van der Waals surface area contributed by atoms with E-state index in [4.69, 9.17) is 0 Å². The molecule has 92 valence electrons. The highest BCUT2D eigenvalue weighted by molar-refractivity contribution is 14.1. The molecule has 0 bridgehead atoms. The quantitative estimate of drug-likeness (QED) is 0.352. The van der Waals surface area contributed by atoms with E-state index in [0.717, 1.165) is 19.1 Å². The van der Waals surface area contributed by atoms with Crippen LogP contribution in [-0.4, -0.2) is 10.7 Å². The third kappa shape index (κ3) is 2.93. The summed E-state index contributed by atoms with van der Waals surface area (Å²) >= 11 is 1.62. The van der Waals surface area contributed by atoms with Crippen molar-refractivity contribution in [3.05, 3.63) is 36.9 Å². The fourth-order valence-corrected chi connectivity index (χ4v) is 1.92. The highest BCUT2D eigenvalue weighted by atomic mass is 127. The first kappa shape index (κ1) is 13.9. The number of rotatable bonds is 2. The number of nitro groups is 1. The van der Waals surface area contributed by atoms with Crippen molar-refractivity contribution in [3.63, 3.8) is 0 Å². The predicted molar refractivity (Wildman–Crippen MR) is 60.8 cm³/mol. The maximum Gasteiger partial charge on any atom is 0.423 e. The first-order valence-corrected chi connectivity index (χ1v) is 5.28. The second-order valence-corrected chi connectivity index (χ2v) is 4.40. The molecule has 0 spiro atoms. The van der Waals surface area contributed by atoms with Gasteiger partial charge in [0.05, 0.1) is 4.92 Å². The van der Waals surface area contributed by atoms with Gasteiger partial charge in [-0.1, -0.05) is 0 Å². The van der Waals surface area contributed by atoms with Crippen molar-refractivity contribution in [1.29, 1.82) is 0 Å². The van der Waals surface area contributed by atoms with Crippen LogP contribution in [0.1, 0.15) is 22.8 Å². The van der Waals surface area contributed by atoms with Gasteiger partial charge in [-0.2, -0.15) is 13.2 Å². The Labute approximate surface area is 107 Å². The zero-order chi connectivity index (χ0) is 13.4. The Morgan fingerprint density at radius 3 is 2.29 bits per heavy atom. The zero-order valence-electron chi connectivity index (χ0n) is 8.34. The summed E-state index contributed by atoms with van der Waals surface area (Å²) < 4.78 is 38.3. The molecule has 0 heterocycles. The highest BCUT2D eigenvalue weighted by Gasteiger charge is 2.42. The zero-order valence-corrected chi connectivity index (χ0v) is 10.5. The summed E-state index contributed by atoms with van der Waals surface area (Å²) in [5.74, 6) is -0.862. The number of alkyl halides is 3. The summed E-state index contributed by atoms with van der Waals surface area (Å²) in [6.07, 6.45) is -4.94. The number of hydrogen-bond acceptors (Lipinski definition) is 3. The summed E-state index contributed by atoms with van der Waals surface area (Å²) in [5, 5.41) is 10.6. The average molecular weight is 359 g/mol. The van der Waals surface area contributed by atoms with Crippen LogP contribution in [0, 0.1) is 13.7 Å². The van der Waals surface area contributed by atoms with Gasteiger partial charge in [0.25, 0.3) is 5.69 Å². The Kier molecular flexibility index (Phi) is 3.74. The number of Topliss-reactive ketones (excluding diaryl/α,β-unsaturated/α-hetero) is 1. The van der Waals surface area contributed by atoms with Crippen LogP contribution in [0.3, 0.4) is 0 Å². The Morgan fingerprint density at radius 2 is 1.94 bits per heavy atom. The lowest BCUT2D eigenvalue weighted by molar-refractivity contribution is -0.388. The van der Waals surface area contributed by atoms with Crippen molar-refractivity contribution >= 4 is 34.1 Å². The Balaban J connectivity index is 3.72. The summed E-state index contributed by atoms with van der Waals surface area (Å²) in [6.45, 7) is 0.935. The fourth-order valence-electron chi connectivity index (χ4n) is 1.31. The van der Waals surface area contributed by atoms with Gasteiger partial charge in [0.15, 0.2) is 5.78 Å². The van der Waals surface area contributed by atoms with Gasteiger partial charge >= 0.3 is 6.18 Å². The number of nitrogens with zero attached hydrogens (tertiary/aromatic N) is 1. The van der Waals surface area contributed by atoms with Crippen LogP contribution in [0.5, 0.6) is 0 Å². The molecule has 0 saturated carbocycles. The topological polar surface area (TPSA) is 60.2 Å². The van der Waals surface area contributed by atoms with Crippen LogP contribution >= 0.6 is 22.6 Å². The lowest BCUT2D eigenvalue weighted by Gasteiger charge is -2.11. The summed E-state index contributed by atoms with van der Waals surface area (Å²) in [4.78, 5) is 20.6. The molecule has 0 aromatic heterocycles. The number of carbonyl (C=O) groups is 1. The minimum absolute atomic E-state index is 0.201. The van der Waals surface area contributed by atoms with Gasteiger partial charge in [0.1, 0.15) is 5.56 Å². The molecule has 8 heteroatoms. The van der Waals surface area contributed by atoms with E-state index >= 15 is 0 Å². The third-order valence-corrected chi connectivity index (χ3v) is 2.56. The molecular weight excluding hydrogens is 354 g/mol.